The first-order chi connectivity index (χ1) is 13.9. The summed E-state index contributed by atoms with van der Waals surface area (Å²) in [6.45, 7) is 1.70. The van der Waals surface area contributed by atoms with E-state index in [1.807, 2.05) is 4.90 Å². The second kappa shape index (κ2) is 7.85. The Labute approximate surface area is 178 Å². The largest absolute Gasteiger partial charge is 0.494 e. The molecule has 1 aliphatic heterocycles. The fraction of sp³-hybridized carbons (Fsp3) is 0.211. The second-order valence-corrected chi connectivity index (χ2v) is 8.35. The smallest absolute Gasteiger partial charge is 0.298 e. The summed E-state index contributed by atoms with van der Waals surface area (Å²) < 4.78 is 40.0. The van der Waals surface area contributed by atoms with Gasteiger partial charge in [-0.15, -0.1) is 0 Å². The molecule has 0 aliphatic carbocycles. The summed E-state index contributed by atoms with van der Waals surface area (Å²) >= 11 is 12.0. The second-order valence-electron chi connectivity index (χ2n) is 6.38. The Balaban J connectivity index is 1.60. The van der Waals surface area contributed by atoms with Gasteiger partial charge >= 0.3 is 0 Å². The average molecular weight is 457 g/mol. The number of carbonyl (C=O) groups is 1. The maximum Gasteiger partial charge on any atom is 0.298 e. The van der Waals surface area contributed by atoms with Crippen LogP contribution in [0.15, 0.2) is 39.6 Å². The Bertz CT molecular complexity index is 1150. The zero-order chi connectivity index (χ0) is 20.7. The molecular formula is C19H15Cl2FN2O4S. The number of nitrogens with zero attached hydrogens (tertiary/aromatic N) is 1. The van der Waals surface area contributed by atoms with Gasteiger partial charge in [-0.3, -0.25) is 9.52 Å². The van der Waals surface area contributed by atoms with Crippen LogP contribution in [0.3, 0.4) is 0 Å². The lowest BCUT2D eigenvalue weighted by Crippen LogP contribution is -2.36. The van der Waals surface area contributed by atoms with Gasteiger partial charge in [0, 0.05) is 30.9 Å². The normalized spacial score (nSPS) is 14.6. The van der Waals surface area contributed by atoms with Gasteiger partial charge in [0.05, 0.1) is 17.5 Å². The molecule has 10 heteroatoms. The molecule has 0 spiro atoms. The number of furan rings is 1. The van der Waals surface area contributed by atoms with Crippen LogP contribution in [0.5, 0.6) is 5.75 Å². The van der Waals surface area contributed by atoms with Crippen LogP contribution in [0.4, 0.5) is 10.1 Å². The van der Waals surface area contributed by atoms with Gasteiger partial charge in [0.15, 0.2) is 22.5 Å². The van der Waals surface area contributed by atoms with Crippen LogP contribution in [0.2, 0.25) is 10.0 Å². The van der Waals surface area contributed by atoms with E-state index in [-0.39, 0.29) is 37.4 Å². The first kappa shape index (κ1) is 20.0. The van der Waals surface area contributed by atoms with Gasteiger partial charge in [0.25, 0.3) is 5.91 Å². The van der Waals surface area contributed by atoms with Crippen molar-refractivity contribution in [3.05, 3.63) is 52.0 Å². The van der Waals surface area contributed by atoms with Crippen LogP contribution in [0.25, 0.3) is 11.0 Å². The molecular weight excluding hydrogens is 442 g/mol. The number of hydrogen-bond acceptors (Lipinski definition) is 5. The number of benzene rings is 2. The van der Waals surface area contributed by atoms with E-state index in [1.165, 1.54) is 31.4 Å². The minimum absolute atomic E-state index is 0.0820. The summed E-state index contributed by atoms with van der Waals surface area (Å²) in [7, 11) is -0.660. The van der Waals surface area contributed by atoms with E-state index < -0.39 is 22.7 Å². The van der Waals surface area contributed by atoms with Gasteiger partial charge in [-0.1, -0.05) is 23.2 Å². The number of rotatable bonds is 5. The molecule has 1 fully saturated rings. The topological polar surface area (TPSA) is 71.8 Å². The summed E-state index contributed by atoms with van der Waals surface area (Å²) in [4.78, 5) is 14.7. The zero-order valence-electron chi connectivity index (χ0n) is 15.1. The Morgan fingerprint density at radius 3 is 2.69 bits per heavy atom. The number of carbonyl (C=O) groups excluding carboxylic acids is 1. The van der Waals surface area contributed by atoms with E-state index in [0.29, 0.717) is 5.69 Å². The minimum Gasteiger partial charge on any atom is -0.494 e. The van der Waals surface area contributed by atoms with Crippen molar-refractivity contribution in [2.24, 2.45) is 0 Å². The molecule has 29 heavy (non-hydrogen) atoms. The molecule has 0 bridgehead atoms. The van der Waals surface area contributed by atoms with Crippen molar-refractivity contribution < 1.29 is 22.5 Å². The lowest BCUT2D eigenvalue weighted by Gasteiger charge is -2.33. The lowest BCUT2D eigenvalue weighted by atomic mass is 10.1. The summed E-state index contributed by atoms with van der Waals surface area (Å²) in [5.41, 5.74) is 0.946. The van der Waals surface area contributed by atoms with Gasteiger partial charge in [0.1, 0.15) is 21.3 Å². The maximum absolute atomic E-state index is 14.4. The molecule has 6 nitrogen and oxygen atoms in total. The Hall–Kier alpha value is -2.29. The molecule has 1 N–H and O–H groups in total. The van der Waals surface area contributed by atoms with Crippen molar-refractivity contribution in [2.75, 3.05) is 25.1 Å². The van der Waals surface area contributed by atoms with Gasteiger partial charge in [-0.25, -0.2) is 8.60 Å². The van der Waals surface area contributed by atoms with Crippen LogP contribution in [0.1, 0.15) is 17.0 Å². The van der Waals surface area contributed by atoms with Gasteiger partial charge in [-0.05, 0) is 24.6 Å². The van der Waals surface area contributed by atoms with Crippen molar-refractivity contribution in [3.63, 3.8) is 0 Å². The van der Waals surface area contributed by atoms with Crippen molar-refractivity contribution in [3.8, 4) is 5.75 Å². The molecule has 1 amide bonds. The molecule has 1 aromatic heterocycles. The molecule has 152 valence electrons. The van der Waals surface area contributed by atoms with Crippen LogP contribution in [0, 0.1) is 5.82 Å². The van der Waals surface area contributed by atoms with Crippen molar-refractivity contribution >= 4 is 56.8 Å². The van der Waals surface area contributed by atoms with E-state index in [9.17, 15) is 13.4 Å². The molecule has 0 saturated carbocycles. The molecule has 1 unspecified atom stereocenters. The number of amides is 1. The number of fused-ring (bicyclic) bond motifs is 1. The highest BCUT2D eigenvalue weighted by Gasteiger charge is 2.23. The molecule has 3 aromatic rings. The highest BCUT2D eigenvalue weighted by atomic mass is 35.5. The third kappa shape index (κ3) is 3.68. The van der Waals surface area contributed by atoms with Crippen LogP contribution < -0.4 is 14.4 Å². The Morgan fingerprint density at radius 1 is 1.28 bits per heavy atom. The summed E-state index contributed by atoms with van der Waals surface area (Å²) in [5.74, 6) is -1.32. The number of nitrogens with one attached hydrogen (secondary N) is 1. The van der Waals surface area contributed by atoms with Crippen LogP contribution >= 0.6 is 23.2 Å². The van der Waals surface area contributed by atoms with Crippen molar-refractivity contribution in [1.82, 2.24) is 4.72 Å². The quantitative estimate of drug-likeness (QED) is 0.609. The standard InChI is InChI=1S/C19H15Cl2FN2O4S/c1-27-18-16(4-3-12(20)17(18)21)29(26)23-19(25)15-9-11-13(22)7-10(8-14(11)28-15)24-5-2-6-24/h3-4,7-9H,2,5-6H2,1H3,(H,23,25). The highest BCUT2D eigenvalue weighted by Crippen LogP contribution is 2.36. The molecule has 2 aromatic carbocycles. The van der Waals surface area contributed by atoms with E-state index in [1.54, 1.807) is 6.07 Å². The highest BCUT2D eigenvalue weighted by molar-refractivity contribution is 7.83. The number of hydrogen-bond donors (Lipinski definition) is 1. The van der Waals surface area contributed by atoms with Crippen molar-refractivity contribution in [1.29, 1.82) is 0 Å². The predicted octanol–water partition coefficient (Wildman–Crippen LogP) is 4.55. The summed E-state index contributed by atoms with van der Waals surface area (Å²) in [6, 6.07) is 7.26. The lowest BCUT2D eigenvalue weighted by molar-refractivity contribution is 0.0958. The van der Waals surface area contributed by atoms with E-state index in [4.69, 9.17) is 32.4 Å². The first-order valence-electron chi connectivity index (χ1n) is 8.62. The minimum atomic E-state index is -2.00. The van der Waals surface area contributed by atoms with Crippen LogP contribution in [-0.2, 0) is 11.0 Å². The summed E-state index contributed by atoms with van der Waals surface area (Å²) in [6.07, 6.45) is 1.05. The number of anilines is 1. The molecule has 4 rings (SSSR count). The first-order valence-corrected chi connectivity index (χ1v) is 10.5. The SMILES string of the molecule is COc1c(S(=O)NC(=O)c2cc3c(F)cc(N4CCC4)cc3o2)ccc(Cl)c1Cl. The van der Waals surface area contributed by atoms with E-state index in [2.05, 4.69) is 4.72 Å². The van der Waals surface area contributed by atoms with E-state index in [0.717, 1.165) is 19.5 Å². The fourth-order valence-electron chi connectivity index (χ4n) is 2.99. The zero-order valence-corrected chi connectivity index (χ0v) is 17.5. The average Bonchev–Trinajstić information content (AvgIpc) is 3.07. The number of ether oxygens (including phenoxy) is 1. The maximum atomic E-state index is 14.4. The van der Waals surface area contributed by atoms with Gasteiger partial charge in [0.2, 0.25) is 0 Å². The number of halogens is 3. The molecule has 1 saturated heterocycles. The van der Waals surface area contributed by atoms with Gasteiger partial charge in [-0.2, -0.15) is 0 Å². The predicted molar refractivity (Wildman–Crippen MR) is 110 cm³/mol. The molecule has 1 aliphatic rings. The van der Waals surface area contributed by atoms with Crippen molar-refractivity contribution in [2.45, 2.75) is 11.3 Å². The molecule has 1 atom stereocenters. The third-order valence-corrected chi connectivity index (χ3v) is 6.50. The van der Waals surface area contributed by atoms with Gasteiger partial charge < -0.3 is 14.1 Å². The molecule has 2 heterocycles. The summed E-state index contributed by atoms with van der Waals surface area (Å²) in [5, 5.41) is 0.484. The molecule has 0 radical (unpaired) electrons. The third-order valence-electron chi connectivity index (χ3n) is 4.62. The monoisotopic (exact) mass is 456 g/mol. The number of methoxy groups -OCH3 is 1. The fourth-order valence-corrected chi connectivity index (χ4v) is 4.36. The Kier molecular flexibility index (Phi) is 5.42. The van der Waals surface area contributed by atoms with Crippen LogP contribution in [-0.4, -0.2) is 30.3 Å². The Morgan fingerprint density at radius 2 is 2.03 bits per heavy atom. The van der Waals surface area contributed by atoms with E-state index >= 15 is 0 Å².